The number of nitrogens with zero attached hydrogens (tertiary/aromatic N) is 1. The highest BCUT2D eigenvalue weighted by atomic mass is 16.7. The number of likely N-dealkylation sites (tertiary alicyclic amines) is 1. The van der Waals surface area contributed by atoms with Crippen LogP contribution in [-0.4, -0.2) is 35.2 Å². The van der Waals surface area contributed by atoms with Crippen molar-refractivity contribution in [2.45, 2.75) is 25.3 Å². The molecule has 1 N–H and O–H groups in total. The predicted molar refractivity (Wildman–Crippen MR) is 75.5 cm³/mol. The molecule has 1 saturated carbocycles. The van der Waals surface area contributed by atoms with Crippen LogP contribution in [0.5, 0.6) is 11.5 Å². The second-order valence-corrected chi connectivity index (χ2v) is 6.09. The summed E-state index contributed by atoms with van der Waals surface area (Å²) in [6.45, 7) is 0.926. The Bertz CT molecular complexity index is 643. The number of hydrogen-bond acceptors (Lipinski definition) is 4. The van der Waals surface area contributed by atoms with Crippen molar-refractivity contribution in [1.82, 2.24) is 4.90 Å². The Morgan fingerprint density at radius 2 is 2.00 bits per heavy atom. The van der Waals surface area contributed by atoms with Gasteiger partial charge in [0.1, 0.15) is 0 Å². The number of carbonyl (C=O) groups excluding carboxylic acids is 1. The van der Waals surface area contributed by atoms with Crippen LogP contribution in [0.1, 0.15) is 30.9 Å². The Labute approximate surface area is 127 Å². The van der Waals surface area contributed by atoms with E-state index in [2.05, 4.69) is 0 Å². The number of ether oxygens (including phenoxy) is 2. The highest BCUT2D eigenvalue weighted by Crippen LogP contribution is 2.44. The van der Waals surface area contributed by atoms with Crippen LogP contribution in [0.4, 0.5) is 0 Å². The minimum absolute atomic E-state index is 0.0112. The standard InChI is InChI=1S/C16H17NO5/c18-15(10-7-11(10)16(19)20)17-5-1-2-12(17)9-3-4-13-14(6-9)22-8-21-13/h3-4,6,10-12H,1-2,5,7-8H2,(H,19,20)/t10-,11-,12+/m1/s1. The van der Waals surface area contributed by atoms with Crippen molar-refractivity contribution in [3.8, 4) is 11.5 Å². The van der Waals surface area contributed by atoms with Crippen LogP contribution in [0.3, 0.4) is 0 Å². The van der Waals surface area contributed by atoms with Crippen molar-refractivity contribution in [2.24, 2.45) is 11.8 Å². The molecule has 2 fully saturated rings. The summed E-state index contributed by atoms with van der Waals surface area (Å²) < 4.78 is 10.7. The first-order valence-electron chi connectivity index (χ1n) is 7.58. The molecular weight excluding hydrogens is 286 g/mol. The van der Waals surface area contributed by atoms with Gasteiger partial charge in [0.05, 0.1) is 17.9 Å². The van der Waals surface area contributed by atoms with E-state index >= 15 is 0 Å². The number of carboxylic acids is 1. The Morgan fingerprint density at radius 1 is 1.18 bits per heavy atom. The Morgan fingerprint density at radius 3 is 2.77 bits per heavy atom. The Balaban J connectivity index is 1.54. The van der Waals surface area contributed by atoms with Crippen LogP contribution in [-0.2, 0) is 9.59 Å². The van der Waals surface area contributed by atoms with E-state index in [1.54, 1.807) is 0 Å². The van der Waals surface area contributed by atoms with Gasteiger partial charge in [-0.3, -0.25) is 9.59 Å². The van der Waals surface area contributed by atoms with E-state index < -0.39 is 11.9 Å². The first-order chi connectivity index (χ1) is 10.6. The number of carboxylic acid groups (broad SMARTS) is 1. The van der Waals surface area contributed by atoms with Crippen LogP contribution < -0.4 is 9.47 Å². The van der Waals surface area contributed by atoms with E-state index in [9.17, 15) is 9.59 Å². The lowest BCUT2D eigenvalue weighted by Crippen LogP contribution is -2.32. The van der Waals surface area contributed by atoms with Crippen molar-refractivity contribution in [1.29, 1.82) is 0 Å². The second kappa shape index (κ2) is 4.90. The summed E-state index contributed by atoms with van der Waals surface area (Å²) in [7, 11) is 0. The summed E-state index contributed by atoms with van der Waals surface area (Å²) in [6, 6.07) is 5.78. The van der Waals surface area contributed by atoms with Gasteiger partial charge in [-0.1, -0.05) is 6.07 Å². The predicted octanol–water partition coefficient (Wildman–Crippen LogP) is 1.80. The number of benzene rings is 1. The lowest BCUT2D eigenvalue weighted by Gasteiger charge is -2.25. The van der Waals surface area contributed by atoms with Gasteiger partial charge >= 0.3 is 5.97 Å². The van der Waals surface area contributed by atoms with Gasteiger partial charge in [0.25, 0.3) is 0 Å². The highest BCUT2D eigenvalue weighted by molar-refractivity contribution is 5.89. The first-order valence-corrected chi connectivity index (χ1v) is 7.58. The average Bonchev–Trinajstić information content (AvgIpc) is 2.95. The summed E-state index contributed by atoms with van der Waals surface area (Å²) in [6.07, 6.45) is 2.31. The highest BCUT2D eigenvalue weighted by Gasteiger charge is 2.51. The summed E-state index contributed by atoms with van der Waals surface area (Å²) in [5, 5.41) is 9.00. The molecule has 1 saturated heterocycles. The average molecular weight is 303 g/mol. The minimum atomic E-state index is -0.864. The van der Waals surface area contributed by atoms with E-state index in [4.69, 9.17) is 14.6 Å². The Hall–Kier alpha value is -2.24. The van der Waals surface area contributed by atoms with Crippen LogP contribution in [0, 0.1) is 11.8 Å². The van der Waals surface area contributed by atoms with E-state index in [0.29, 0.717) is 18.7 Å². The number of aliphatic carboxylic acids is 1. The molecule has 1 aliphatic carbocycles. The van der Waals surface area contributed by atoms with Crippen molar-refractivity contribution in [3.05, 3.63) is 23.8 Å². The third-order valence-corrected chi connectivity index (χ3v) is 4.74. The third kappa shape index (κ3) is 2.10. The molecule has 3 atom stereocenters. The van der Waals surface area contributed by atoms with Gasteiger partial charge in [-0.2, -0.15) is 0 Å². The zero-order valence-corrected chi connectivity index (χ0v) is 12.0. The molecule has 0 aromatic heterocycles. The number of amides is 1. The first kappa shape index (κ1) is 13.4. The van der Waals surface area contributed by atoms with E-state index in [-0.39, 0.29) is 24.7 Å². The molecule has 0 spiro atoms. The molecule has 3 aliphatic rings. The smallest absolute Gasteiger partial charge is 0.307 e. The monoisotopic (exact) mass is 303 g/mol. The maximum Gasteiger partial charge on any atom is 0.307 e. The minimum Gasteiger partial charge on any atom is -0.481 e. The quantitative estimate of drug-likeness (QED) is 0.921. The maximum absolute atomic E-state index is 12.5. The molecule has 22 heavy (non-hydrogen) atoms. The van der Waals surface area contributed by atoms with Gasteiger partial charge in [-0.05, 0) is 37.0 Å². The van der Waals surface area contributed by atoms with E-state index in [1.807, 2.05) is 23.1 Å². The molecule has 1 aromatic rings. The fraction of sp³-hybridized carbons (Fsp3) is 0.500. The number of fused-ring (bicyclic) bond motifs is 1. The van der Waals surface area contributed by atoms with Gasteiger partial charge in [0, 0.05) is 6.54 Å². The van der Waals surface area contributed by atoms with Gasteiger partial charge < -0.3 is 19.5 Å². The topological polar surface area (TPSA) is 76.1 Å². The maximum atomic E-state index is 12.5. The zero-order valence-electron chi connectivity index (χ0n) is 12.0. The summed E-state index contributed by atoms with van der Waals surface area (Å²) in [5.74, 6) is -0.276. The normalized spacial score (nSPS) is 28.7. The van der Waals surface area contributed by atoms with Gasteiger partial charge in [0.15, 0.2) is 11.5 Å². The SMILES string of the molecule is O=C(O)[C@@H]1C[C@H]1C(=O)N1CCC[C@H]1c1ccc2c(c1)OCO2. The molecule has 2 aliphatic heterocycles. The summed E-state index contributed by atoms with van der Waals surface area (Å²) in [5.41, 5.74) is 1.03. The molecule has 6 heteroatoms. The second-order valence-electron chi connectivity index (χ2n) is 6.09. The van der Waals surface area contributed by atoms with Gasteiger partial charge in [-0.25, -0.2) is 0 Å². The number of hydrogen-bond donors (Lipinski definition) is 1. The summed E-state index contributed by atoms with van der Waals surface area (Å²) in [4.78, 5) is 25.4. The molecule has 1 amide bonds. The molecule has 6 nitrogen and oxygen atoms in total. The van der Waals surface area contributed by atoms with E-state index in [1.165, 1.54) is 0 Å². The van der Waals surface area contributed by atoms with Crippen LogP contribution in [0.15, 0.2) is 18.2 Å². The van der Waals surface area contributed by atoms with Crippen molar-refractivity contribution in [2.75, 3.05) is 13.3 Å². The molecular formula is C16H17NO5. The fourth-order valence-electron chi connectivity index (χ4n) is 3.45. The van der Waals surface area contributed by atoms with Gasteiger partial charge in [-0.15, -0.1) is 0 Å². The lowest BCUT2D eigenvalue weighted by atomic mass is 10.0. The number of carbonyl (C=O) groups is 2. The lowest BCUT2D eigenvalue weighted by molar-refractivity contribution is -0.142. The molecule has 0 bridgehead atoms. The van der Waals surface area contributed by atoms with Crippen molar-refractivity contribution >= 4 is 11.9 Å². The Kier molecular flexibility index (Phi) is 2.99. The molecule has 4 rings (SSSR count). The molecule has 0 unspecified atom stereocenters. The zero-order chi connectivity index (χ0) is 15.3. The largest absolute Gasteiger partial charge is 0.481 e. The van der Waals surface area contributed by atoms with Crippen molar-refractivity contribution < 1.29 is 24.2 Å². The van der Waals surface area contributed by atoms with Gasteiger partial charge in [0.2, 0.25) is 12.7 Å². The molecule has 2 heterocycles. The van der Waals surface area contributed by atoms with Crippen LogP contribution >= 0.6 is 0 Å². The molecule has 116 valence electrons. The number of rotatable bonds is 3. The van der Waals surface area contributed by atoms with E-state index in [0.717, 1.165) is 24.2 Å². The van der Waals surface area contributed by atoms with Crippen molar-refractivity contribution in [3.63, 3.8) is 0 Å². The third-order valence-electron chi connectivity index (χ3n) is 4.74. The summed E-state index contributed by atoms with van der Waals surface area (Å²) >= 11 is 0. The van der Waals surface area contributed by atoms with Crippen LogP contribution in [0.2, 0.25) is 0 Å². The molecule has 1 aromatic carbocycles. The molecule has 0 radical (unpaired) electrons. The fourth-order valence-corrected chi connectivity index (χ4v) is 3.45. The van der Waals surface area contributed by atoms with Crippen LogP contribution in [0.25, 0.3) is 0 Å².